The third-order valence-corrected chi connectivity index (χ3v) is 3.08. The summed E-state index contributed by atoms with van der Waals surface area (Å²) in [6, 6.07) is 15.8. The average Bonchev–Trinajstić information content (AvgIpc) is 3.01. The van der Waals surface area contributed by atoms with E-state index < -0.39 is 0 Å². The molecule has 3 aromatic rings. The molecule has 0 radical (unpaired) electrons. The van der Waals surface area contributed by atoms with Crippen molar-refractivity contribution in [3.63, 3.8) is 0 Å². The number of carbonyl (C=O) groups is 1. The summed E-state index contributed by atoms with van der Waals surface area (Å²) >= 11 is 0. The molecule has 0 saturated heterocycles. The second-order valence-corrected chi connectivity index (χ2v) is 4.68. The lowest BCUT2D eigenvalue weighted by molar-refractivity contribution is -0.114. The molecule has 3 rings (SSSR count). The van der Waals surface area contributed by atoms with E-state index in [0.717, 1.165) is 22.5 Å². The molecule has 0 spiro atoms. The minimum atomic E-state index is -0.0783. The van der Waals surface area contributed by atoms with Crippen molar-refractivity contribution in [1.82, 2.24) is 14.8 Å². The van der Waals surface area contributed by atoms with E-state index in [1.165, 1.54) is 6.92 Å². The van der Waals surface area contributed by atoms with Crippen LogP contribution < -0.4 is 5.32 Å². The predicted octanol–water partition coefficient (Wildman–Crippen LogP) is 2.89. The SMILES string of the molecule is CC(=O)Nc1cccc(-c2cccc(-n3cnnc3)c2)c1. The lowest BCUT2D eigenvalue weighted by Crippen LogP contribution is -2.05. The Morgan fingerprint density at radius 3 is 2.38 bits per heavy atom. The lowest BCUT2D eigenvalue weighted by atomic mass is 10.0. The second-order valence-electron chi connectivity index (χ2n) is 4.68. The van der Waals surface area contributed by atoms with Crippen molar-refractivity contribution in [2.75, 3.05) is 5.32 Å². The minimum absolute atomic E-state index is 0.0783. The number of nitrogens with zero attached hydrogens (tertiary/aromatic N) is 3. The highest BCUT2D eigenvalue weighted by Crippen LogP contribution is 2.24. The molecule has 0 fully saturated rings. The van der Waals surface area contributed by atoms with Crippen LogP contribution in [0.4, 0.5) is 5.69 Å². The summed E-state index contributed by atoms with van der Waals surface area (Å²) in [6.07, 6.45) is 3.32. The number of amides is 1. The topological polar surface area (TPSA) is 59.8 Å². The van der Waals surface area contributed by atoms with Crippen LogP contribution in [0, 0.1) is 0 Å². The maximum Gasteiger partial charge on any atom is 0.221 e. The molecule has 1 aromatic heterocycles. The fraction of sp³-hybridized carbons (Fsp3) is 0.0625. The summed E-state index contributed by atoms with van der Waals surface area (Å²) in [6.45, 7) is 1.50. The first-order chi connectivity index (χ1) is 10.2. The molecule has 0 unspecified atom stereocenters. The van der Waals surface area contributed by atoms with Gasteiger partial charge in [-0.3, -0.25) is 9.36 Å². The number of carbonyl (C=O) groups excluding carboxylic acids is 1. The molecule has 0 aliphatic carbocycles. The van der Waals surface area contributed by atoms with Crippen molar-refractivity contribution in [3.05, 3.63) is 61.2 Å². The normalized spacial score (nSPS) is 10.3. The molecule has 2 aromatic carbocycles. The van der Waals surface area contributed by atoms with Crippen LogP contribution in [0.2, 0.25) is 0 Å². The Balaban J connectivity index is 1.97. The number of hydrogen-bond donors (Lipinski definition) is 1. The third kappa shape index (κ3) is 2.97. The molecule has 0 atom stereocenters. The Bertz CT molecular complexity index is 765. The Morgan fingerprint density at radius 1 is 1.00 bits per heavy atom. The van der Waals surface area contributed by atoms with Gasteiger partial charge in [0.05, 0.1) is 0 Å². The first-order valence-electron chi connectivity index (χ1n) is 6.55. The highest BCUT2D eigenvalue weighted by atomic mass is 16.1. The highest BCUT2D eigenvalue weighted by molar-refractivity contribution is 5.89. The van der Waals surface area contributed by atoms with Gasteiger partial charge in [0.25, 0.3) is 0 Å². The predicted molar refractivity (Wildman–Crippen MR) is 81.1 cm³/mol. The quantitative estimate of drug-likeness (QED) is 0.801. The van der Waals surface area contributed by atoms with Crippen LogP contribution in [0.15, 0.2) is 61.2 Å². The minimum Gasteiger partial charge on any atom is -0.326 e. The summed E-state index contributed by atoms with van der Waals surface area (Å²) in [5.41, 5.74) is 3.88. The number of rotatable bonds is 3. The van der Waals surface area contributed by atoms with Gasteiger partial charge in [-0.15, -0.1) is 10.2 Å². The first kappa shape index (κ1) is 13.1. The maximum atomic E-state index is 11.1. The molecule has 0 aliphatic rings. The van der Waals surface area contributed by atoms with Crippen molar-refractivity contribution in [1.29, 1.82) is 0 Å². The van der Waals surface area contributed by atoms with Crippen LogP contribution in [-0.2, 0) is 4.79 Å². The van der Waals surface area contributed by atoms with Gasteiger partial charge in [0.15, 0.2) is 0 Å². The first-order valence-corrected chi connectivity index (χ1v) is 6.55. The Labute approximate surface area is 122 Å². The van der Waals surface area contributed by atoms with E-state index in [0.29, 0.717) is 0 Å². The number of anilines is 1. The van der Waals surface area contributed by atoms with Crippen LogP contribution >= 0.6 is 0 Å². The number of hydrogen-bond acceptors (Lipinski definition) is 3. The molecule has 0 aliphatic heterocycles. The summed E-state index contributed by atoms with van der Waals surface area (Å²) in [5.74, 6) is -0.0783. The Hall–Kier alpha value is -2.95. The molecule has 5 heteroatoms. The summed E-state index contributed by atoms with van der Waals surface area (Å²) in [7, 11) is 0. The van der Waals surface area contributed by atoms with Crippen molar-refractivity contribution >= 4 is 11.6 Å². The van der Waals surface area contributed by atoms with E-state index in [-0.39, 0.29) is 5.91 Å². The van der Waals surface area contributed by atoms with E-state index in [1.807, 2.05) is 47.0 Å². The fourth-order valence-corrected chi connectivity index (χ4v) is 2.16. The van der Waals surface area contributed by atoms with Gasteiger partial charge < -0.3 is 5.32 Å². The average molecular weight is 278 g/mol. The second kappa shape index (κ2) is 5.58. The molecule has 0 bridgehead atoms. The van der Waals surface area contributed by atoms with Gasteiger partial charge in [-0.05, 0) is 35.4 Å². The molecule has 104 valence electrons. The van der Waals surface area contributed by atoms with Crippen molar-refractivity contribution in [2.45, 2.75) is 6.92 Å². The zero-order valence-corrected chi connectivity index (χ0v) is 11.5. The largest absolute Gasteiger partial charge is 0.326 e. The monoisotopic (exact) mass is 278 g/mol. The number of benzene rings is 2. The highest BCUT2D eigenvalue weighted by Gasteiger charge is 2.03. The van der Waals surface area contributed by atoms with Crippen LogP contribution in [0.1, 0.15) is 6.92 Å². The van der Waals surface area contributed by atoms with Crippen LogP contribution in [0.3, 0.4) is 0 Å². The molecular formula is C16H14N4O. The van der Waals surface area contributed by atoms with Gasteiger partial charge in [-0.25, -0.2) is 0 Å². The third-order valence-electron chi connectivity index (χ3n) is 3.08. The van der Waals surface area contributed by atoms with Crippen molar-refractivity contribution in [2.24, 2.45) is 0 Å². The molecular weight excluding hydrogens is 264 g/mol. The lowest BCUT2D eigenvalue weighted by Gasteiger charge is -2.08. The van der Waals surface area contributed by atoms with Crippen LogP contribution in [0.5, 0.6) is 0 Å². The molecule has 1 heterocycles. The van der Waals surface area contributed by atoms with Gasteiger partial charge in [0.1, 0.15) is 12.7 Å². The van der Waals surface area contributed by atoms with Crippen molar-refractivity contribution < 1.29 is 4.79 Å². The fourth-order valence-electron chi connectivity index (χ4n) is 2.16. The molecule has 1 amide bonds. The summed E-state index contributed by atoms with van der Waals surface area (Å²) in [5, 5.41) is 10.4. The van der Waals surface area contributed by atoms with Crippen LogP contribution in [-0.4, -0.2) is 20.7 Å². The van der Waals surface area contributed by atoms with Gasteiger partial charge in [-0.1, -0.05) is 24.3 Å². The Morgan fingerprint density at radius 2 is 1.67 bits per heavy atom. The maximum absolute atomic E-state index is 11.1. The van der Waals surface area contributed by atoms with Gasteiger partial charge >= 0.3 is 0 Å². The zero-order valence-electron chi connectivity index (χ0n) is 11.5. The molecule has 1 N–H and O–H groups in total. The number of nitrogens with one attached hydrogen (secondary N) is 1. The van der Waals surface area contributed by atoms with Gasteiger partial charge in [-0.2, -0.15) is 0 Å². The molecule has 21 heavy (non-hydrogen) atoms. The van der Waals surface area contributed by atoms with Crippen LogP contribution in [0.25, 0.3) is 16.8 Å². The Kier molecular flexibility index (Phi) is 3.47. The summed E-state index contributed by atoms with van der Waals surface area (Å²) in [4.78, 5) is 11.1. The van der Waals surface area contributed by atoms with E-state index in [2.05, 4.69) is 21.6 Å². The van der Waals surface area contributed by atoms with E-state index in [4.69, 9.17) is 0 Å². The van der Waals surface area contributed by atoms with Crippen molar-refractivity contribution in [3.8, 4) is 16.8 Å². The standard InChI is InChI=1S/C16H14N4O/c1-12(21)19-15-6-2-4-13(8-15)14-5-3-7-16(9-14)20-10-17-18-11-20/h2-11H,1H3,(H,19,21). The smallest absolute Gasteiger partial charge is 0.221 e. The summed E-state index contributed by atoms with van der Waals surface area (Å²) < 4.78 is 1.85. The van der Waals surface area contributed by atoms with E-state index in [1.54, 1.807) is 12.7 Å². The molecule has 5 nitrogen and oxygen atoms in total. The van der Waals surface area contributed by atoms with Gasteiger partial charge in [0, 0.05) is 18.3 Å². The van der Waals surface area contributed by atoms with E-state index >= 15 is 0 Å². The van der Waals surface area contributed by atoms with E-state index in [9.17, 15) is 4.79 Å². The molecule has 0 saturated carbocycles. The zero-order chi connectivity index (χ0) is 14.7. The van der Waals surface area contributed by atoms with Gasteiger partial charge in [0.2, 0.25) is 5.91 Å². The number of aromatic nitrogens is 3.